The Morgan fingerprint density at radius 3 is 2.25 bits per heavy atom. The van der Waals surface area contributed by atoms with Crippen molar-refractivity contribution in [1.29, 1.82) is 0 Å². The van der Waals surface area contributed by atoms with Gasteiger partial charge < -0.3 is 4.52 Å². The van der Waals surface area contributed by atoms with Crippen LogP contribution in [-0.2, 0) is 6.18 Å². The summed E-state index contributed by atoms with van der Waals surface area (Å²) in [6, 6.07) is 0.921. The van der Waals surface area contributed by atoms with Crippen LogP contribution >= 0.6 is 0 Å². The molecule has 1 heterocycles. The SMILES string of the molecule is CC(C)c1cc(C(F)(F)F)on1. The lowest BCUT2D eigenvalue weighted by Crippen LogP contribution is -2.02. The highest BCUT2D eigenvalue weighted by Crippen LogP contribution is 2.30. The predicted molar refractivity (Wildman–Crippen MR) is 35.6 cm³/mol. The maximum absolute atomic E-state index is 11.9. The van der Waals surface area contributed by atoms with E-state index in [2.05, 4.69) is 9.68 Å². The van der Waals surface area contributed by atoms with Crippen LogP contribution in [0.4, 0.5) is 13.2 Å². The maximum Gasteiger partial charge on any atom is 0.452 e. The van der Waals surface area contributed by atoms with E-state index in [0.717, 1.165) is 6.07 Å². The van der Waals surface area contributed by atoms with Crippen LogP contribution in [0.2, 0.25) is 0 Å². The molecule has 0 spiro atoms. The van der Waals surface area contributed by atoms with Gasteiger partial charge in [0.05, 0.1) is 5.69 Å². The smallest absolute Gasteiger partial charge is 0.351 e. The Hall–Kier alpha value is -1.00. The average molecular weight is 179 g/mol. The monoisotopic (exact) mass is 179 g/mol. The standard InChI is InChI=1S/C7H8F3NO/c1-4(2)5-3-6(12-11-5)7(8,9)10/h3-4H,1-2H3. The predicted octanol–water partition coefficient (Wildman–Crippen LogP) is 2.82. The lowest BCUT2D eigenvalue weighted by molar-refractivity contribution is -0.155. The average Bonchev–Trinajstić information content (AvgIpc) is 2.30. The van der Waals surface area contributed by atoms with Crippen molar-refractivity contribution in [3.05, 3.63) is 17.5 Å². The van der Waals surface area contributed by atoms with Gasteiger partial charge in [-0.2, -0.15) is 13.2 Å². The summed E-state index contributed by atoms with van der Waals surface area (Å²) in [5.41, 5.74) is 0.322. The molecule has 0 saturated heterocycles. The van der Waals surface area contributed by atoms with Gasteiger partial charge in [-0.25, -0.2) is 0 Å². The van der Waals surface area contributed by atoms with Crippen LogP contribution in [0.15, 0.2) is 10.6 Å². The third kappa shape index (κ3) is 1.78. The summed E-state index contributed by atoms with van der Waals surface area (Å²) in [6.45, 7) is 3.50. The molecule has 12 heavy (non-hydrogen) atoms. The zero-order valence-corrected chi connectivity index (χ0v) is 6.64. The van der Waals surface area contributed by atoms with E-state index in [-0.39, 0.29) is 5.92 Å². The van der Waals surface area contributed by atoms with Gasteiger partial charge in [0.15, 0.2) is 0 Å². The number of nitrogens with zero attached hydrogens (tertiary/aromatic N) is 1. The second kappa shape index (κ2) is 2.80. The molecule has 0 atom stereocenters. The zero-order chi connectivity index (χ0) is 9.35. The maximum atomic E-state index is 11.9. The summed E-state index contributed by atoms with van der Waals surface area (Å²) in [6.07, 6.45) is -4.43. The van der Waals surface area contributed by atoms with Gasteiger partial charge in [-0.3, -0.25) is 0 Å². The van der Waals surface area contributed by atoms with Gasteiger partial charge >= 0.3 is 6.18 Å². The van der Waals surface area contributed by atoms with Crippen LogP contribution in [0.1, 0.15) is 31.2 Å². The van der Waals surface area contributed by atoms with Gasteiger partial charge in [0, 0.05) is 6.07 Å². The van der Waals surface area contributed by atoms with Crippen LogP contribution in [0, 0.1) is 0 Å². The highest BCUT2D eigenvalue weighted by Gasteiger charge is 2.36. The highest BCUT2D eigenvalue weighted by molar-refractivity contribution is 5.10. The molecular formula is C7H8F3NO. The summed E-state index contributed by atoms with van der Waals surface area (Å²) in [5.74, 6) is -1.09. The fraction of sp³-hybridized carbons (Fsp3) is 0.571. The van der Waals surface area contributed by atoms with E-state index in [4.69, 9.17) is 0 Å². The Morgan fingerprint density at radius 1 is 1.42 bits per heavy atom. The van der Waals surface area contributed by atoms with Crippen LogP contribution in [-0.4, -0.2) is 5.16 Å². The molecule has 0 aliphatic heterocycles. The van der Waals surface area contributed by atoms with Crippen LogP contribution in [0.25, 0.3) is 0 Å². The Bertz CT molecular complexity index is 264. The minimum atomic E-state index is -4.43. The van der Waals surface area contributed by atoms with Crippen LogP contribution in [0.3, 0.4) is 0 Å². The first-order valence-corrected chi connectivity index (χ1v) is 3.45. The zero-order valence-electron chi connectivity index (χ0n) is 6.64. The number of halogens is 3. The number of alkyl halides is 3. The second-order valence-electron chi connectivity index (χ2n) is 2.77. The summed E-state index contributed by atoms with van der Waals surface area (Å²) in [7, 11) is 0. The topological polar surface area (TPSA) is 26.0 Å². The summed E-state index contributed by atoms with van der Waals surface area (Å²) < 4.78 is 39.9. The fourth-order valence-corrected chi connectivity index (χ4v) is 0.695. The largest absolute Gasteiger partial charge is 0.452 e. The van der Waals surface area contributed by atoms with Crippen molar-refractivity contribution in [3.63, 3.8) is 0 Å². The van der Waals surface area contributed by atoms with E-state index in [0.29, 0.717) is 5.69 Å². The third-order valence-electron chi connectivity index (χ3n) is 1.40. The van der Waals surface area contributed by atoms with Gasteiger partial charge in [-0.05, 0) is 5.92 Å². The Labute approximate surface area is 67.4 Å². The van der Waals surface area contributed by atoms with Gasteiger partial charge in [-0.1, -0.05) is 19.0 Å². The molecule has 0 aliphatic rings. The molecule has 1 rings (SSSR count). The molecule has 0 bridgehead atoms. The van der Waals surface area contributed by atoms with Crippen molar-refractivity contribution in [2.75, 3.05) is 0 Å². The van der Waals surface area contributed by atoms with Crippen molar-refractivity contribution in [2.45, 2.75) is 25.9 Å². The molecule has 0 unspecified atom stereocenters. The first-order chi connectivity index (χ1) is 5.41. The minimum absolute atomic E-state index is 0.0511. The molecule has 0 amide bonds. The van der Waals surface area contributed by atoms with Crippen molar-refractivity contribution in [1.82, 2.24) is 5.16 Å². The molecule has 5 heteroatoms. The quantitative estimate of drug-likeness (QED) is 0.662. The Morgan fingerprint density at radius 2 is 2.00 bits per heavy atom. The van der Waals surface area contributed by atoms with E-state index in [9.17, 15) is 13.2 Å². The fourth-order valence-electron chi connectivity index (χ4n) is 0.695. The number of hydrogen-bond donors (Lipinski definition) is 0. The van der Waals surface area contributed by atoms with Crippen molar-refractivity contribution in [3.8, 4) is 0 Å². The number of aromatic nitrogens is 1. The lowest BCUT2D eigenvalue weighted by atomic mass is 10.1. The van der Waals surface area contributed by atoms with E-state index in [1.54, 1.807) is 13.8 Å². The molecule has 1 aromatic heterocycles. The summed E-state index contributed by atoms with van der Waals surface area (Å²) in [5, 5.41) is 3.29. The van der Waals surface area contributed by atoms with Crippen molar-refractivity contribution in [2.24, 2.45) is 0 Å². The molecule has 0 radical (unpaired) electrons. The van der Waals surface area contributed by atoms with Crippen LogP contribution < -0.4 is 0 Å². The Balaban J connectivity index is 2.92. The summed E-state index contributed by atoms with van der Waals surface area (Å²) in [4.78, 5) is 0. The second-order valence-corrected chi connectivity index (χ2v) is 2.77. The third-order valence-corrected chi connectivity index (χ3v) is 1.40. The molecule has 2 nitrogen and oxygen atoms in total. The molecule has 68 valence electrons. The molecule has 0 aromatic carbocycles. The number of hydrogen-bond acceptors (Lipinski definition) is 2. The van der Waals surface area contributed by atoms with Crippen LogP contribution in [0.5, 0.6) is 0 Å². The van der Waals surface area contributed by atoms with Crippen molar-refractivity contribution < 1.29 is 17.7 Å². The molecule has 1 aromatic rings. The van der Waals surface area contributed by atoms with E-state index < -0.39 is 11.9 Å². The lowest BCUT2D eigenvalue weighted by Gasteiger charge is -1.97. The van der Waals surface area contributed by atoms with E-state index in [1.807, 2.05) is 0 Å². The van der Waals surface area contributed by atoms with Gasteiger partial charge in [0.25, 0.3) is 0 Å². The summed E-state index contributed by atoms with van der Waals surface area (Å²) >= 11 is 0. The minimum Gasteiger partial charge on any atom is -0.351 e. The first-order valence-electron chi connectivity index (χ1n) is 3.45. The highest BCUT2D eigenvalue weighted by atomic mass is 19.4. The Kier molecular flexibility index (Phi) is 2.12. The van der Waals surface area contributed by atoms with E-state index >= 15 is 0 Å². The van der Waals surface area contributed by atoms with Gasteiger partial charge in [0.2, 0.25) is 5.76 Å². The molecule has 0 aliphatic carbocycles. The van der Waals surface area contributed by atoms with Gasteiger partial charge in [0.1, 0.15) is 0 Å². The number of rotatable bonds is 1. The normalized spacial score (nSPS) is 12.5. The molecule has 0 fully saturated rings. The van der Waals surface area contributed by atoms with E-state index in [1.165, 1.54) is 0 Å². The van der Waals surface area contributed by atoms with Crippen molar-refractivity contribution >= 4 is 0 Å². The molecular weight excluding hydrogens is 171 g/mol. The van der Waals surface area contributed by atoms with Gasteiger partial charge in [-0.15, -0.1) is 0 Å². The molecule has 0 saturated carbocycles. The first kappa shape index (κ1) is 9.09. The molecule has 0 N–H and O–H groups in total.